The van der Waals surface area contributed by atoms with Crippen molar-refractivity contribution in [2.75, 3.05) is 32.1 Å². The molecule has 0 fully saturated rings. The number of benzene rings is 3. The SMILES string of the molecule is CN(C)CCN(C(=O)c1cccc(Oc2ccccc2)c1)c1nc2c(F)cc(F)cc2s1.Cl. The van der Waals surface area contributed by atoms with E-state index >= 15 is 0 Å². The molecule has 0 aliphatic rings. The van der Waals surface area contributed by atoms with Crippen molar-refractivity contribution in [3.63, 3.8) is 0 Å². The van der Waals surface area contributed by atoms with Crippen molar-refractivity contribution in [3.8, 4) is 11.5 Å². The van der Waals surface area contributed by atoms with Crippen molar-refractivity contribution in [1.82, 2.24) is 9.88 Å². The molecule has 1 aromatic heterocycles. The van der Waals surface area contributed by atoms with Crippen molar-refractivity contribution in [2.45, 2.75) is 0 Å². The number of likely N-dealkylation sites (N-methyl/N-ethyl adjacent to an activating group) is 1. The van der Waals surface area contributed by atoms with E-state index in [0.717, 1.165) is 17.4 Å². The normalized spacial score (nSPS) is 10.8. The first-order chi connectivity index (χ1) is 15.4. The van der Waals surface area contributed by atoms with Gasteiger partial charge in [-0.15, -0.1) is 12.4 Å². The van der Waals surface area contributed by atoms with Gasteiger partial charge in [0.25, 0.3) is 5.91 Å². The number of ether oxygens (including phenoxy) is 1. The topological polar surface area (TPSA) is 45.7 Å². The van der Waals surface area contributed by atoms with Crippen LogP contribution in [0.4, 0.5) is 13.9 Å². The van der Waals surface area contributed by atoms with Crippen molar-refractivity contribution >= 4 is 45.0 Å². The number of hydrogen-bond acceptors (Lipinski definition) is 5. The Labute approximate surface area is 200 Å². The molecule has 0 bridgehead atoms. The molecule has 0 unspecified atom stereocenters. The summed E-state index contributed by atoms with van der Waals surface area (Å²) in [6, 6.07) is 18.1. The lowest BCUT2D eigenvalue weighted by molar-refractivity contribution is 0.0985. The summed E-state index contributed by atoms with van der Waals surface area (Å²) in [5.74, 6) is -0.551. The number of fused-ring (bicyclic) bond motifs is 1. The van der Waals surface area contributed by atoms with E-state index in [1.54, 1.807) is 24.3 Å². The van der Waals surface area contributed by atoms with Gasteiger partial charge in [0.1, 0.15) is 22.8 Å². The summed E-state index contributed by atoms with van der Waals surface area (Å²) in [4.78, 5) is 21.2. The highest BCUT2D eigenvalue weighted by molar-refractivity contribution is 7.22. The van der Waals surface area contributed by atoms with E-state index < -0.39 is 11.6 Å². The summed E-state index contributed by atoms with van der Waals surface area (Å²) in [5, 5.41) is 0.311. The van der Waals surface area contributed by atoms with Gasteiger partial charge in [0.15, 0.2) is 10.9 Å². The van der Waals surface area contributed by atoms with E-state index in [1.165, 1.54) is 11.0 Å². The number of para-hydroxylation sites is 1. The van der Waals surface area contributed by atoms with E-state index in [9.17, 15) is 13.6 Å². The van der Waals surface area contributed by atoms with Gasteiger partial charge in [-0.2, -0.15) is 0 Å². The molecular weight excluding hydrogens is 468 g/mol. The number of aromatic nitrogens is 1. The van der Waals surface area contributed by atoms with Crippen LogP contribution in [0.25, 0.3) is 10.2 Å². The fraction of sp³-hybridized carbons (Fsp3) is 0.167. The van der Waals surface area contributed by atoms with Crippen LogP contribution in [0.15, 0.2) is 66.7 Å². The molecule has 0 aliphatic heterocycles. The summed E-state index contributed by atoms with van der Waals surface area (Å²) in [7, 11) is 3.79. The highest BCUT2D eigenvalue weighted by Crippen LogP contribution is 2.32. The summed E-state index contributed by atoms with van der Waals surface area (Å²) < 4.78 is 34.0. The number of carbonyl (C=O) groups excluding carboxylic acids is 1. The molecule has 0 saturated carbocycles. The average molecular weight is 490 g/mol. The minimum atomic E-state index is -0.749. The van der Waals surface area contributed by atoms with Gasteiger partial charge >= 0.3 is 0 Å². The molecule has 3 aromatic carbocycles. The Kier molecular flexibility index (Phi) is 7.97. The van der Waals surface area contributed by atoms with Crippen molar-refractivity contribution < 1.29 is 18.3 Å². The van der Waals surface area contributed by atoms with Gasteiger partial charge in [-0.05, 0) is 50.5 Å². The van der Waals surface area contributed by atoms with Crippen LogP contribution in [-0.2, 0) is 0 Å². The Morgan fingerprint density at radius 1 is 0.970 bits per heavy atom. The number of rotatable bonds is 7. The monoisotopic (exact) mass is 489 g/mol. The fourth-order valence-corrected chi connectivity index (χ4v) is 4.15. The molecular formula is C24H22ClF2N3O2S. The second-order valence-electron chi connectivity index (χ2n) is 7.43. The number of thiazole rings is 1. The van der Waals surface area contributed by atoms with Crippen LogP contribution in [-0.4, -0.2) is 43.0 Å². The van der Waals surface area contributed by atoms with E-state index in [0.29, 0.717) is 40.0 Å². The van der Waals surface area contributed by atoms with E-state index in [4.69, 9.17) is 4.74 Å². The lowest BCUT2D eigenvalue weighted by atomic mass is 10.2. The summed E-state index contributed by atoms with van der Waals surface area (Å²) in [6.07, 6.45) is 0. The Morgan fingerprint density at radius 2 is 1.70 bits per heavy atom. The van der Waals surface area contributed by atoms with Crippen LogP contribution >= 0.6 is 23.7 Å². The zero-order valence-corrected chi connectivity index (χ0v) is 19.6. The van der Waals surface area contributed by atoms with Crippen LogP contribution in [0.3, 0.4) is 0 Å². The highest BCUT2D eigenvalue weighted by Gasteiger charge is 2.23. The first-order valence-corrected chi connectivity index (χ1v) is 10.8. The fourth-order valence-electron chi connectivity index (χ4n) is 3.12. The maximum Gasteiger partial charge on any atom is 0.260 e. The number of nitrogens with zero attached hydrogens (tertiary/aromatic N) is 3. The minimum absolute atomic E-state index is 0. The lowest BCUT2D eigenvalue weighted by Crippen LogP contribution is -2.36. The Morgan fingerprint density at radius 3 is 2.42 bits per heavy atom. The molecule has 0 atom stereocenters. The first kappa shape index (κ1) is 24.6. The maximum atomic E-state index is 14.2. The standard InChI is InChI=1S/C24H21F2N3O2S.ClH/c1-28(2)11-12-29(24-27-22-20(26)14-17(25)15-21(22)32-24)23(30)16-7-6-10-19(13-16)31-18-8-4-3-5-9-18;/h3-10,13-15H,11-12H2,1-2H3;1H. The quantitative estimate of drug-likeness (QED) is 0.319. The number of carbonyl (C=O) groups is 1. The van der Waals surface area contributed by atoms with Crippen LogP contribution in [0.1, 0.15) is 10.4 Å². The van der Waals surface area contributed by atoms with Gasteiger partial charge in [0.2, 0.25) is 0 Å². The number of anilines is 1. The smallest absolute Gasteiger partial charge is 0.260 e. The first-order valence-electron chi connectivity index (χ1n) is 9.96. The molecule has 172 valence electrons. The van der Waals surface area contributed by atoms with Crippen molar-refractivity contribution in [3.05, 3.63) is 83.9 Å². The van der Waals surface area contributed by atoms with Gasteiger partial charge in [0, 0.05) is 24.7 Å². The molecule has 5 nitrogen and oxygen atoms in total. The average Bonchev–Trinajstić information content (AvgIpc) is 3.18. The van der Waals surface area contributed by atoms with E-state index in [2.05, 4.69) is 4.98 Å². The highest BCUT2D eigenvalue weighted by atomic mass is 35.5. The molecule has 0 radical (unpaired) electrons. The predicted molar refractivity (Wildman–Crippen MR) is 130 cm³/mol. The molecule has 4 aromatic rings. The van der Waals surface area contributed by atoms with Crippen LogP contribution in [0.2, 0.25) is 0 Å². The van der Waals surface area contributed by atoms with Gasteiger partial charge in [-0.1, -0.05) is 35.6 Å². The molecule has 0 N–H and O–H groups in total. The third kappa shape index (κ3) is 5.84. The second kappa shape index (κ2) is 10.7. The molecule has 33 heavy (non-hydrogen) atoms. The lowest BCUT2D eigenvalue weighted by Gasteiger charge is -2.22. The summed E-state index contributed by atoms with van der Waals surface area (Å²) >= 11 is 1.08. The minimum Gasteiger partial charge on any atom is -0.457 e. The van der Waals surface area contributed by atoms with Gasteiger partial charge < -0.3 is 9.64 Å². The van der Waals surface area contributed by atoms with Gasteiger partial charge in [0.05, 0.1) is 4.70 Å². The van der Waals surface area contributed by atoms with Gasteiger partial charge in [-0.3, -0.25) is 9.69 Å². The molecule has 0 aliphatic carbocycles. The maximum absolute atomic E-state index is 14.2. The summed E-state index contributed by atoms with van der Waals surface area (Å²) in [6.45, 7) is 0.901. The molecule has 0 spiro atoms. The van der Waals surface area contributed by atoms with Crippen LogP contribution < -0.4 is 9.64 Å². The Bertz CT molecular complexity index is 1250. The third-order valence-electron chi connectivity index (χ3n) is 4.71. The van der Waals surface area contributed by atoms with Crippen LogP contribution in [0, 0.1) is 11.6 Å². The third-order valence-corrected chi connectivity index (χ3v) is 5.73. The molecule has 1 heterocycles. The number of halogens is 3. The molecule has 4 rings (SSSR count). The molecule has 1 amide bonds. The molecule has 9 heteroatoms. The summed E-state index contributed by atoms with van der Waals surface area (Å²) in [5.41, 5.74) is 0.457. The number of amides is 1. The van der Waals surface area contributed by atoms with Crippen molar-refractivity contribution in [2.24, 2.45) is 0 Å². The number of hydrogen-bond donors (Lipinski definition) is 0. The van der Waals surface area contributed by atoms with Crippen molar-refractivity contribution in [1.29, 1.82) is 0 Å². The Balaban J connectivity index is 0.00000306. The second-order valence-corrected chi connectivity index (χ2v) is 8.44. The van der Waals surface area contributed by atoms with Gasteiger partial charge in [-0.25, -0.2) is 13.8 Å². The largest absolute Gasteiger partial charge is 0.457 e. The molecule has 0 saturated heterocycles. The van der Waals surface area contributed by atoms with E-state index in [-0.39, 0.29) is 23.8 Å². The predicted octanol–water partition coefficient (Wildman–Crippen LogP) is 6.00. The zero-order valence-electron chi connectivity index (χ0n) is 18.0. The van der Waals surface area contributed by atoms with Crippen LogP contribution in [0.5, 0.6) is 11.5 Å². The Hall–Kier alpha value is -3.07. The van der Waals surface area contributed by atoms with E-state index in [1.807, 2.05) is 49.3 Å². The zero-order chi connectivity index (χ0) is 22.7.